The van der Waals surface area contributed by atoms with Crippen LogP contribution in [-0.4, -0.2) is 22.8 Å². The summed E-state index contributed by atoms with van der Waals surface area (Å²) in [5.74, 6) is 0.318. The first-order valence-electron chi connectivity index (χ1n) is 11.0. The fourth-order valence-electron chi connectivity index (χ4n) is 5.12. The van der Waals surface area contributed by atoms with Gasteiger partial charge in [0.05, 0.1) is 12.8 Å². The molecule has 0 unspecified atom stereocenters. The maximum absolute atomic E-state index is 12.5. The Morgan fingerprint density at radius 3 is 2.62 bits per heavy atom. The third-order valence-electron chi connectivity index (χ3n) is 6.65. The van der Waals surface area contributed by atoms with Gasteiger partial charge >= 0.3 is 5.97 Å². The summed E-state index contributed by atoms with van der Waals surface area (Å²) >= 11 is 0. The first kappa shape index (κ1) is 20.4. The van der Waals surface area contributed by atoms with Crippen LogP contribution in [0.15, 0.2) is 59.5 Å². The van der Waals surface area contributed by atoms with E-state index in [9.17, 15) is 14.7 Å². The van der Waals surface area contributed by atoms with Crippen molar-refractivity contribution in [2.45, 2.75) is 44.2 Å². The molecule has 1 fully saturated rings. The minimum absolute atomic E-state index is 0.125. The number of benzene rings is 2. The molecule has 2 heterocycles. The third kappa shape index (κ3) is 3.45. The van der Waals surface area contributed by atoms with Crippen molar-refractivity contribution >= 4 is 5.97 Å². The molecule has 6 nitrogen and oxygen atoms in total. The van der Waals surface area contributed by atoms with E-state index in [1.165, 1.54) is 12.3 Å². The zero-order chi connectivity index (χ0) is 22.2. The molecule has 0 amide bonds. The van der Waals surface area contributed by atoms with Crippen LogP contribution in [0.1, 0.15) is 59.1 Å². The average molecular weight is 431 g/mol. The predicted molar refractivity (Wildman–Crippen MR) is 121 cm³/mol. The number of pyridine rings is 1. The van der Waals surface area contributed by atoms with Crippen LogP contribution in [0.2, 0.25) is 0 Å². The highest BCUT2D eigenvalue weighted by atomic mass is 16.5. The molecule has 0 radical (unpaired) electrons. The van der Waals surface area contributed by atoms with E-state index in [1.54, 1.807) is 7.11 Å². The van der Waals surface area contributed by atoms with E-state index in [2.05, 4.69) is 6.07 Å². The van der Waals surface area contributed by atoms with Crippen molar-refractivity contribution in [1.29, 1.82) is 0 Å². The van der Waals surface area contributed by atoms with Gasteiger partial charge in [0.25, 0.3) is 0 Å². The number of ether oxygens (including phenoxy) is 2. The predicted octanol–water partition coefficient (Wildman–Crippen LogP) is 5.01. The van der Waals surface area contributed by atoms with Crippen molar-refractivity contribution < 1.29 is 19.4 Å². The van der Waals surface area contributed by atoms with Crippen LogP contribution < -0.4 is 14.9 Å². The number of carboxylic acid groups (broad SMARTS) is 1. The standard InChI is InChI=1S/C26H25NO5/c1-31-24-12-19-18(11-25(24)32-15-16-7-3-2-4-8-16)17-9-5-6-10-21(17)27-14-20(26(29)30)23(28)13-22(19)27/h2-4,7-8,11-14,17,21H,5-6,9-10,15H2,1H3,(H,29,30)/t17-,21-/m1/s1. The van der Waals surface area contributed by atoms with E-state index < -0.39 is 11.4 Å². The summed E-state index contributed by atoms with van der Waals surface area (Å²) < 4.78 is 13.8. The Morgan fingerprint density at radius 2 is 1.88 bits per heavy atom. The van der Waals surface area contributed by atoms with Crippen LogP contribution in [0.3, 0.4) is 0 Å². The van der Waals surface area contributed by atoms with Crippen molar-refractivity contribution in [1.82, 2.24) is 4.57 Å². The van der Waals surface area contributed by atoms with Gasteiger partial charge in [-0.15, -0.1) is 0 Å². The Labute approximate surface area is 186 Å². The molecule has 3 aromatic rings. The molecule has 0 spiro atoms. The third-order valence-corrected chi connectivity index (χ3v) is 6.65. The first-order chi connectivity index (χ1) is 15.6. The summed E-state index contributed by atoms with van der Waals surface area (Å²) in [6, 6.07) is 15.5. The number of aromatic carboxylic acids is 1. The van der Waals surface area contributed by atoms with Crippen molar-refractivity contribution in [2.75, 3.05) is 7.11 Å². The maximum Gasteiger partial charge on any atom is 0.341 e. The second-order valence-corrected chi connectivity index (χ2v) is 8.47. The molecule has 164 valence electrons. The summed E-state index contributed by atoms with van der Waals surface area (Å²) in [7, 11) is 1.60. The van der Waals surface area contributed by atoms with E-state index in [4.69, 9.17) is 9.47 Å². The minimum atomic E-state index is -1.19. The van der Waals surface area contributed by atoms with Crippen molar-refractivity contribution in [3.05, 3.63) is 81.6 Å². The summed E-state index contributed by atoms with van der Waals surface area (Å²) in [5.41, 5.74) is 3.20. The van der Waals surface area contributed by atoms with Gasteiger partial charge < -0.3 is 19.1 Å². The number of methoxy groups -OCH3 is 1. The molecule has 0 saturated heterocycles. The molecule has 6 heteroatoms. The lowest BCUT2D eigenvalue weighted by molar-refractivity contribution is 0.0694. The second kappa shape index (κ2) is 8.19. The summed E-state index contributed by atoms with van der Waals surface area (Å²) in [6.07, 6.45) is 5.69. The number of nitrogens with zero attached hydrogens (tertiary/aromatic N) is 1. The van der Waals surface area contributed by atoms with Crippen LogP contribution in [0.4, 0.5) is 0 Å². The topological polar surface area (TPSA) is 77.8 Å². The lowest BCUT2D eigenvalue weighted by Crippen LogP contribution is -2.30. The fraction of sp³-hybridized carbons (Fsp3) is 0.308. The van der Waals surface area contributed by atoms with Gasteiger partial charge in [0.2, 0.25) is 0 Å². The highest BCUT2D eigenvalue weighted by Crippen LogP contribution is 2.51. The van der Waals surface area contributed by atoms with Gasteiger partial charge in [-0.2, -0.15) is 0 Å². The quantitative estimate of drug-likeness (QED) is 0.614. The first-order valence-corrected chi connectivity index (χ1v) is 11.0. The summed E-state index contributed by atoms with van der Waals surface area (Å²) in [6.45, 7) is 0.433. The van der Waals surface area contributed by atoms with Crippen molar-refractivity contribution in [3.63, 3.8) is 0 Å². The van der Waals surface area contributed by atoms with Crippen molar-refractivity contribution in [3.8, 4) is 22.8 Å². The van der Waals surface area contributed by atoms with Crippen LogP contribution >= 0.6 is 0 Å². The highest BCUT2D eigenvalue weighted by Gasteiger charge is 2.36. The Morgan fingerprint density at radius 1 is 1.09 bits per heavy atom. The Hall–Kier alpha value is -3.54. The number of hydrogen-bond donors (Lipinski definition) is 1. The van der Waals surface area contributed by atoms with Crippen LogP contribution in [0.5, 0.6) is 11.5 Å². The molecule has 1 N–H and O–H groups in total. The minimum Gasteiger partial charge on any atom is -0.493 e. The van der Waals surface area contributed by atoms with Gasteiger partial charge in [0.1, 0.15) is 12.2 Å². The zero-order valence-corrected chi connectivity index (χ0v) is 17.9. The zero-order valence-electron chi connectivity index (χ0n) is 17.9. The van der Waals surface area contributed by atoms with E-state index in [1.807, 2.05) is 41.0 Å². The molecule has 32 heavy (non-hydrogen) atoms. The van der Waals surface area contributed by atoms with Gasteiger partial charge in [-0.3, -0.25) is 4.79 Å². The SMILES string of the molecule is COc1cc2c(cc1OCc1ccccc1)[C@H]1CCCC[C@H]1n1cc(C(=O)O)c(=O)cc1-2. The molecule has 1 aromatic heterocycles. The Bertz CT molecular complexity index is 1230. The highest BCUT2D eigenvalue weighted by molar-refractivity contribution is 5.88. The largest absolute Gasteiger partial charge is 0.493 e. The molecular weight excluding hydrogens is 406 g/mol. The monoisotopic (exact) mass is 431 g/mol. The van der Waals surface area contributed by atoms with Crippen molar-refractivity contribution in [2.24, 2.45) is 0 Å². The smallest absolute Gasteiger partial charge is 0.341 e. The Kier molecular flexibility index (Phi) is 5.21. The van der Waals surface area contributed by atoms with Crippen LogP contribution in [0, 0.1) is 0 Å². The van der Waals surface area contributed by atoms with Gasteiger partial charge in [0, 0.05) is 29.8 Å². The molecule has 2 aromatic carbocycles. The van der Waals surface area contributed by atoms with Gasteiger partial charge in [0.15, 0.2) is 16.9 Å². The second-order valence-electron chi connectivity index (χ2n) is 8.47. The van der Waals surface area contributed by atoms with E-state index in [0.29, 0.717) is 18.1 Å². The summed E-state index contributed by atoms with van der Waals surface area (Å²) in [4.78, 5) is 24.1. The van der Waals surface area contributed by atoms with E-state index >= 15 is 0 Å². The molecule has 1 saturated carbocycles. The van der Waals surface area contributed by atoms with E-state index in [-0.39, 0.29) is 17.5 Å². The summed E-state index contributed by atoms with van der Waals surface area (Å²) in [5, 5.41) is 9.48. The molecule has 1 aliphatic carbocycles. The molecule has 2 atom stereocenters. The number of fused-ring (bicyclic) bond motifs is 6. The lowest BCUT2D eigenvalue weighted by Gasteiger charge is -2.40. The fourth-order valence-corrected chi connectivity index (χ4v) is 5.12. The number of hydrogen-bond acceptors (Lipinski definition) is 4. The Balaban J connectivity index is 1.63. The number of carbonyl (C=O) groups is 1. The molecule has 1 aliphatic heterocycles. The van der Waals surface area contributed by atoms with Crippen LogP contribution in [-0.2, 0) is 6.61 Å². The van der Waals surface area contributed by atoms with E-state index in [0.717, 1.165) is 48.1 Å². The average Bonchev–Trinajstić information content (AvgIpc) is 2.82. The number of aromatic nitrogens is 1. The number of carboxylic acids is 1. The van der Waals surface area contributed by atoms with Crippen LogP contribution in [0.25, 0.3) is 11.3 Å². The lowest BCUT2D eigenvalue weighted by atomic mass is 9.75. The van der Waals surface area contributed by atoms with Gasteiger partial charge in [-0.1, -0.05) is 43.2 Å². The number of rotatable bonds is 5. The van der Waals surface area contributed by atoms with Gasteiger partial charge in [-0.05, 0) is 36.1 Å². The molecule has 5 rings (SSSR count). The maximum atomic E-state index is 12.5. The normalized spacial score (nSPS) is 18.8. The molecule has 2 aliphatic rings. The molecule has 0 bridgehead atoms. The van der Waals surface area contributed by atoms with Gasteiger partial charge in [-0.25, -0.2) is 4.79 Å². The molecular formula is C26H25NO5.